The van der Waals surface area contributed by atoms with E-state index >= 15 is 0 Å². The van der Waals surface area contributed by atoms with Crippen LogP contribution in [0.15, 0.2) is 23.8 Å². The zero-order valence-corrected chi connectivity index (χ0v) is 9.59. The summed E-state index contributed by atoms with van der Waals surface area (Å²) in [6.07, 6.45) is 8.25. The van der Waals surface area contributed by atoms with Gasteiger partial charge in [-0.15, -0.1) is 0 Å². The van der Waals surface area contributed by atoms with Crippen molar-refractivity contribution in [2.75, 3.05) is 0 Å². The predicted molar refractivity (Wildman–Crippen MR) is 59.6 cm³/mol. The second kappa shape index (κ2) is 3.69. The highest BCUT2D eigenvalue weighted by Gasteiger charge is 2.34. The third kappa shape index (κ3) is 1.87. The molecule has 0 saturated carbocycles. The Morgan fingerprint density at radius 3 is 2.00 bits per heavy atom. The van der Waals surface area contributed by atoms with Gasteiger partial charge >= 0.3 is 0 Å². The maximum absolute atomic E-state index is 2.47. The fraction of sp³-hybridized carbons (Fsp3) is 0.692. The Labute approximate surface area is 82.7 Å². The van der Waals surface area contributed by atoms with Crippen LogP contribution in [-0.4, -0.2) is 0 Å². The van der Waals surface area contributed by atoms with Crippen molar-refractivity contribution in [3.63, 3.8) is 0 Å². The van der Waals surface area contributed by atoms with Gasteiger partial charge in [-0.3, -0.25) is 0 Å². The minimum absolute atomic E-state index is 0.402. The standard InChI is InChI=1S/C13H22/c1-10(2)13(11(3)4)8-6-7-12(5)9-13/h6-7,9-11H,8H2,1-5H3. The summed E-state index contributed by atoms with van der Waals surface area (Å²) in [4.78, 5) is 0. The molecule has 0 unspecified atom stereocenters. The van der Waals surface area contributed by atoms with Crippen molar-refractivity contribution in [3.8, 4) is 0 Å². The number of rotatable bonds is 2. The molecule has 0 heteroatoms. The van der Waals surface area contributed by atoms with Crippen LogP contribution in [0.4, 0.5) is 0 Å². The molecule has 0 spiro atoms. The molecule has 0 saturated heterocycles. The summed E-state index contributed by atoms with van der Waals surface area (Å²) < 4.78 is 0. The van der Waals surface area contributed by atoms with Crippen molar-refractivity contribution in [1.82, 2.24) is 0 Å². The highest BCUT2D eigenvalue weighted by atomic mass is 14.4. The molecule has 1 aliphatic rings. The number of hydrogen-bond donors (Lipinski definition) is 0. The highest BCUT2D eigenvalue weighted by molar-refractivity contribution is 5.26. The first-order chi connectivity index (χ1) is 5.99. The van der Waals surface area contributed by atoms with E-state index in [1.54, 1.807) is 0 Å². The van der Waals surface area contributed by atoms with Crippen molar-refractivity contribution >= 4 is 0 Å². The summed E-state index contributed by atoms with van der Waals surface area (Å²) >= 11 is 0. The fourth-order valence-electron chi connectivity index (χ4n) is 2.45. The van der Waals surface area contributed by atoms with E-state index in [1.165, 1.54) is 12.0 Å². The van der Waals surface area contributed by atoms with Crippen molar-refractivity contribution in [2.24, 2.45) is 17.3 Å². The van der Waals surface area contributed by atoms with Crippen LogP contribution in [0, 0.1) is 17.3 Å². The molecule has 0 atom stereocenters. The Balaban J connectivity index is 3.00. The third-order valence-electron chi connectivity index (χ3n) is 3.50. The lowest BCUT2D eigenvalue weighted by atomic mass is 9.64. The number of allylic oxidation sites excluding steroid dienone is 4. The second-order valence-corrected chi connectivity index (χ2v) is 4.92. The molecule has 74 valence electrons. The SMILES string of the molecule is CC1=CC(C(C)C)(C(C)C)CC=C1. The second-order valence-electron chi connectivity index (χ2n) is 4.92. The molecule has 0 heterocycles. The molecule has 0 aromatic carbocycles. The van der Waals surface area contributed by atoms with Crippen molar-refractivity contribution in [2.45, 2.75) is 41.0 Å². The zero-order valence-electron chi connectivity index (χ0n) is 9.59. The van der Waals surface area contributed by atoms with E-state index in [0.29, 0.717) is 5.41 Å². The summed E-state index contributed by atoms with van der Waals surface area (Å²) in [5, 5.41) is 0. The van der Waals surface area contributed by atoms with Crippen LogP contribution >= 0.6 is 0 Å². The lowest BCUT2D eigenvalue weighted by Crippen LogP contribution is -2.31. The summed E-state index contributed by atoms with van der Waals surface area (Å²) in [7, 11) is 0. The van der Waals surface area contributed by atoms with E-state index in [4.69, 9.17) is 0 Å². The molecule has 0 amide bonds. The first kappa shape index (κ1) is 10.6. The van der Waals surface area contributed by atoms with Gasteiger partial charge in [0.05, 0.1) is 0 Å². The van der Waals surface area contributed by atoms with Crippen LogP contribution in [0.1, 0.15) is 41.0 Å². The van der Waals surface area contributed by atoms with Gasteiger partial charge in [0.2, 0.25) is 0 Å². The largest absolute Gasteiger partial charge is 0.0834 e. The molecule has 0 nitrogen and oxygen atoms in total. The molecule has 0 aromatic rings. The Kier molecular flexibility index (Phi) is 3.00. The van der Waals surface area contributed by atoms with E-state index in [-0.39, 0.29) is 0 Å². The first-order valence-corrected chi connectivity index (χ1v) is 5.35. The topological polar surface area (TPSA) is 0 Å². The minimum Gasteiger partial charge on any atom is -0.0834 e. The normalized spacial score (nSPS) is 21.0. The van der Waals surface area contributed by atoms with E-state index in [0.717, 1.165) is 11.8 Å². The highest BCUT2D eigenvalue weighted by Crippen LogP contribution is 2.43. The molecule has 0 N–H and O–H groups in total. The Bertz CT molecular complexity index is 220. The van der Waals surface area contributed by atoms with Crippen molar-refractivity contribution < 1.29 is 0 Å². The van der Waals surface area contributed by atoms with E-state index in [9.17, 15) is 0 Å². The average molecular weight is 178 g/mol. The molecule has 1 aliphatic carbocycles. The molecule has 1 rings (SSSR count). The molecule has 13 heavy (non-hydrogen) atoms. The summed E-state index contributed by atoms with van der Waals surface area (Å²) in [6.45, 7) is 11.5. The maximum Gasteiger partial charge on any atom is -0.00320 e. The Hall–Kier alpha value is -0.520. The van der Waals surface area contributed by atoms with Gasteiger partial charge in [0, 0.05) is 0 Å². The lowest BCUT2D eigenvalue weighted by molar-refractivity contribution is 0.179. The van der Waals surface area contributed by atoms with Crippen LogP contribution in [-0.2, 0) is 0 Å². The molecule has 0 fully saturated rings. The van der Waals surface area contributed by atoms with E-state index in [1.807, 2.05) is 0 Å². The van der Waals surface area contributed by atoms with Crippen LogP contribution < -0.4 is 0 Å². The monoisotopic (exact) mass is 178 g/mol. The quantitative estimate of drug-likeness (QED) is 0.594. The van der Waals surface area contributed by atoms with Gasteiger partial charge in [0.25, 0.3) is 0 Å². The van der Waals surface area contributed by atoms with Gasteiger partial charge in [-0.1, -0.05) is 51.5 Å². The Morgan fingerprint density at radius 2 is 1.69 bits per heavy atom. The van der Waals surface area contributed by atoms with E-state index in [2.05, 4.69) is 52.8 Å². The van der Waals surface area contributed by atoms with Crippen LogP contribution in [0.5, 0.6) is 0 Å². The maximum atomic E-state index is 2.47. The van der Waals surface area contributed by atoms with Gasteiger partial charge < -0.3 is 0 Å². The number of hydrogen-bond acceptors (Lipinski definition) is 0. The van der Waals surface area contributed by atoms with E-state index < -0.39 is 0 Å². The van der Waals surface area contributed by atoms with Crippen LogP contribution in [0.25, 0.3) is 0 Å². The minimum atomic E-state index is 0.402. The average Bonchev–Trinajstić information content (AvgIpc) is 2.03. The Morgan fingerprint density at radius 1 is 1.15 bits per heavy atom. The van der Waals surface area contributed by atoms with Gasteiger partial charge in [-0.05, 0) is 30.6 Å². The molecule has 0 aliphatic heterocycles. The third-order valence-corrected chi connectivity index (χ3v) is 3.50. The van der Waals surface area contributed by atoms with Gasteiger partial charge in [-0.25, -0.2) is 0 Å². The molecular formula is C13H22. The zero-order chi connectivity index (χ0) is 10.1. The van der Waals surface area contributed by atoms with Crippen LogP contribution in [0.2, 0.25) is 0 Å². The van der Waals surface area contributed by atoms with Crippen molar-refractivity contribution in [1.29, 1.82) is 0 Å². The summed E-state index contributed by atoms with van der Waals surface area (Å²) in [6, 6.07) is 0. The molecule has 0 radical (unpaired) electrons. The van der Waals surface area contributed by atoms with Gasteiger partial charge in [-0.2, -0.15) is 0 Å². The molecule has 0 aromatic heterocycles. The molecular weight excluding hydrogens is 156 g/mol. The fourth-order valence-corrected chi connectivity index (χ4v) is 2.45. The van der Waals surface area contributed by atoms with Gasteiger partial charge in [0.1, 0.15) is 0 Å². The lowest BCUT2D eigenvalue weighted by Gasteiger charge is -2.40. The summed E-state index contributed by atoms with van der Waals surface area (Å²) in [5.41, 5.74) is 1.83. The predicted octanol–water partition coefficient (Wildman–Crippen LogP) is 4.19. The van der Waals surface area contributed by atoms with Crippen LogP contribution in [0.3, 0.4) is 0 Å². The summed E-state index contributed by atoms with van der Waals surface area (Å²) in [5.74, 6) is 1.46. The first-order valence-electron chi connectivity index (χ1n) is 5.35. The molecule has 0 bridgehead atoms. The van der Waals surface area contributed by atoms with Crippen molar-refractivity contribution in [3.05, 3.63) is 23.8 Å². The van der Waals surface area contributed by atoms with Gasteiger partial charge in [0.15, 0.2) is 0 Å². The smallest absolute Gasteiger partial charge is 0.00320 e.